The molecule has 0 spiro atoms. The van der Waals surface area contributed by atoms with Crippen molar-refractivity contribution in [3.05, 3.63) is 24.5 Å². The number of nitrogens with zero attached hydrogens (tertiary/aromatic N) is 1. The number of nitrogens with one attached hydrogen (secondary N) is 2. The van der Waals surface area contributed by atoms with Gasteiger partial charge >= 0.3 is 0 Å². The first kappa shape index (κ1) is 15.1. The highest BCUT2D eigenvalue weighted by atomic mass is 32.2. The molecule has 23 heavy (non-hydrogen) atoms. The topological polar surface area (TPSA) is 93.3 Å². The molecule has 2 fully saturated rings. The van der Waals surface area contributed by atoms with Crippen LogP contribution in [0.3, 0.4) is 0 Å². The average molecular weight is 337 g/mol. The van der Waals surface area contributed by atoms with Crippen LogP contribution in [-0.4, -0.2) is 50.9 Å². The molecule has 1 saturated heterocycles. The molecule has 0 bridgehead atoms. The third-order valence-electron chi connectivity index (χ3n) is 4.88. The summed E-state index contributed by atoms with van der Waals surface area (Å²) in [6, 6.07) is 4.76. The van der Waals surface area contributed by atoms with E-state index in [0.29, 0.717) is 18.7 Å². The van der Waals surface area contributed by atoms with Gasteiger partial charge in [-0.05, 0) is 24.6 Å². The summed E-state index contributed by atoms with van der Waals surface area (Å²) in [7, 11) is -1.96. The molecule has 2 aliphatic rings. The van der Waals surface area contributed by atoms with Crippen LogP contribution in [-0.2, 0) is 19.5 Å². The van der Waals surface area contributed by atoms with Crippen molar-refractivity contribution >= 4 is 21.1 Å². The highest BCUT2D eigenvalue weighted by Gasteiger charge is 2.54. The van der Waals surface area contributed by atoms with E-state index in [0.717, 1.165) is 11.9 Å². The number of ether oxygens (including phenoxy) is 2. The van der Waals surface area contributed by atoms with E-state index in [1.807, 2.05) is 0 Å². The Morgan fingerprint density at radius 3 is 3.17 bits per heavy atom. The lowest BCUT2D eigenvalue weighted by Gasteiger charge is -2.47. The summed E-state index contributed by atoms with van der Waals surface area (Å²) >= 11 is 0. The molecule has 4 atom stereocenters. The number of benzene rings is 1. The zero-order valence-corrected chi connectivity index (χ0v) is 13.5. The zero-order valence-electron chi connectivity index (χ0n) is 12.7. The molecule has 1 saturated carbocycles. The highest BCUT2D eigenvalue weighted by Crippen LogP contribution is 2.44. The van der Waals surface area contributed by atoms with Crippen molar-refractivity contribution in [1.29, 1.82) is 0 Å². The summed E-state index contributed by atoms with van der Waals surface area (Å²) in [6.07, 6.45) is 2.55. The Labute approximate surface area is 134 Å². The largest absolute Gasteiger partial charge is 0.384 e. The second kappa shape index (κ2) is 5.55. The number of methoxy groups -OCH3 is 1. The van der Waals surface area contributed by atoms with Crippen LogP contribution in [0.1, 0.15) is 6.42 Å². The molecule has 8 heteroatoms. The van der Waals surface area contributed by atoms with E-state index < -0.39 is 10.0 Å². The molecule has 2 N–H and O–H groups in total. The van der Waals surface area contributed by atoms with E-state index in [1.54, 1.807) is 31.6 Å². The van der Waals surface area contributed by atoms with Gasteiger partial charge < -0.3 is 14.5 Å². The van der Waals surface area contributed by atoms with Crippen molar-refractivity contribution in [2.45, 2.75) is 23.5 Å². The van der Waals surface area contributed by atoms with Crippen molar-refractivity contribution < 1.29 is 17.9 Å². The van der Waals surface area contributed by atoms with Crippen molar-refractivity contribution in [3.8, 4) is 0 Å². The van der Waals surface area contributed by atoms with Crippen molar-refractivity contribution in [2.24, 2.45) is 11.8 Å². The van der Waals surface area contributed by atoms with Crippen molar-refractivity contribution in [2.75, 3.05) is 20.3 Å². The smallest absolute Gasteiger partial charge is 0.240 e. The molecule has 2 heterocycles. The molecule has 2 aromatic rings. The summed E-state index contributed by atoms with van der Waals surface area (Å²) in [5, 5.41) is 0. The van der Waals surface area contributed by atoms with Gasteiger partial charge in [0.15, 0.2) is 0 Å². The van der Waals surface area contributed by atoms with Crippen LogP contribution in [0.15, 0.2) is 29.4 Å². The minimum absolute atomic E-state index is 0.0677. The van der Waals surface area contributed by atoms with Gasteiger partial charge in [-0.25, -0.2) is 18.1 Å². The average Bonchev–Trinajstić information content (AvgIpc) is 3.16. The number of imidazole rings is 1. The number of hydrogen-bond acceptors (Lipinski definition) is 5. The lowest BCUT2D eigenvalue weighted by Crippen LogP contribution is -2.62. The Kier molecular flexibility index (Phi) is 3.64. The van der Waals surface area contributed by atoms with Crippen LogP contribution in [0.4, 0.5) is 0 Å². The third kappa shape index (κ3) is 2.46. The fraction of sp³-hybridized carbons (Fsp3) is 0.533. The second-order valence-electron chi connectivity index (χ2n) is 6.14. The number of rotatable bonds is 5. The Hall–Kier alpha value is -1.48. The first-order valence-electron chi connectivity index (χ1n) is 7.66. The normalized spacial score (nSPS) is 30.3. The minimum atomic E-state index is -3.59. The molecule has 1 aromatic heterocycles. The Morgan fingerprint density at radius 1 is 1.48 bits per heavy atom. The molecule has 1 aliphatic carbocycles. The molecule has 1 aromatic carbocycles. The van der Waals surface area contributed by atoms with Gasteiger partial charge in [0.05, 0.1) is 35.0 Å². The van der Waals surface area contributed by atoms with Gasteiger partial charge in [0, 0.05) is 31.6 Å². The molecular weight excluding hydrogens is 318 g/mol. The molecule has 4 rings (SSSR count). The Bertz CT molecular complexity index is 819. The minimum Gasteiger partial charge on any atom is -0.384 e. The standard InChI is InChI=1S/C15H19N3O4S/c1-21-7-11-14(10-4-5-22-15(10)11)18-23(19,20)9-2-3-12-13(6-9)17-8-16-12/h2-3,6,8,10-11,14-15,18H,4-5,7H2,1H3,(H,16,17)/t10-,11-,14-,15-/m0/s1. The van der Waals surface area contributed by atoms with Crippen molar-refractivity contribution in [3.63, 3.8) is 0 Å². The highest BCUT2D eigenvalue weighted by molar-refractivity contribution is 7.89. The van der Waals surface area contributed by atoms with E-state index >= 15 is 0 Å². The molecule has 0 unspecified atom stereocenters. The van der Waals surface area contributed by atoms with E-state index in [4.69, 9.17) is 9.47 Å². The van der Waals surface area contributed by atoms with Gasteiger partial charge in [0.2, 0.25) is 10.0 Å². The molecule has 7 nitrogen and oxygen atoms in total. The van der Waals surface area contributed by atoms with Gasteiger partial charge in [-0.15, -0.1) is 0 Å². The van der Waals surface area contributed by atoms with Crippen molar-refractivity contribution in [1.82, 2.24) is 14.7 Å². The van der Waals surface area contributed by atoms with Crippen LogP contribution >= 0.6 is 0 Å². The van der Waals surface area contributed by atoms with E-state index in [2.05, 4.69) is 14.7 Å². The van der Waals surface area contributed by atoms with Gasteiger partial charge in [-0.2, -0.15) is 0 Å². The number of aromatic amines is 1. The van der Waals surface area contributed by atoms with Crippen LogP contribution in [0, 0.1) is 11.8 Å². The van der Waals surface area contributed by atoms with Gasteiger partial charge in [-0.3, -0.25) is 0 Å². The monoisotopic (exact) mass is 337 g/mol. The number of fused-ring (bicyclic) bond motifs is 2. The maximum atomic E-state index is 12.7. The zero-order chi connectivity index (χ0) is 16.0. The SMILES string of the molecule is COC[C@H]1[C@@H](NS(=O)(=O)c2ccc3nc[nH]c3c2)[C@@H]2CCO[C@@H]21. The Morgan fingerprint density at radius 2 is 2.35 bits per heavy atom. The number of H-pyrrole nitrogens is 1. The van der Waals surface area contributed by atoms with Crippen LogP contribution in [0.25, 0.3) is 11.0 Å². The summed E-state index contributed by atoms with van der Waals surface area (Å²) in [6.45, 7) is 1.18. The molecular formula is C15H19N3O4S. The van der Waals surface area contributed by atoms with Gasteiger partial charge in [0.1, 0.15) is 0 Å². The predicted octanol–water partition coefficient (Wildman–Crippen LogP) is 0.891. The van der Waals surface area contributed by atoms with Crippen LogP contribution < -0.4 is 4.72 Å². The summed E-state index contributed by atoms with van der Waals surface area (Å²) in [4.78, 5) is 7.29. The van der Waals surface area contributed by atoms with E-state index in [9.17, 15) is 8.42 Å². The number of hydrogen-bond donors (Lipinski definition) is 2. The number of sulfonamides is 1. The second-order valence-corrected chi connectivity index (χ2v) is 7.85. The number of aromatic nitrogens is 2. The molecule has 0 amide bonds. The predicted molar refractivity (Wildman–Crippen MR) is 83.4 cm³/mol. The van der Waals surface area contributed by atoms with E-state index in [1.165, 1.54) is 0 Å². The fourth-order valence-corrected chi connectivity index (χ4v) is 5.09. The van der Waals surface area contributed by atoms with E-state index in [-0.39, 0.29) is 28.9 Å². The third-order valence-corrected chi connectivity index (χ3v) is 6.34. The summed E-state index contributed by atoms with van der Waals surface area (Å²) in [5.41, 5.74) is 1.45. The molecule has 1 aliphatic heterocycles. The van der Waals surface area contributed by atoms with Gasteiger partial charge in [-0.1, -0.05) is 0 Å². The molecule has 0 radical (unpaired) electrons. The maximum absolute atomic E-state index is 12.7. The first-order valence-corrected chi connectivity index (χ1v) is 9.14. The lowest BCUT2D eigenvalue weighted by atomic mass is 9.68. The van der Waals surface area contributed by atoms with Crippen LogP contribution in [0.5, 0.6) is 0 Å². The fourth-order valence-electron chi connectivity index (χ4n) is 3.72. The maximum Gasteiger partial charge on any atom is 0.240 e. The first-order chi connectivity index (χ1) is 11.1. The summed E-state index contributed by atoms with van der Waals surface area (Å²) in [5.74, 6) is 0.305. The van der Waals surface area contributed by atoms with Crippen LogP contribution in [0.2, 0.25) is 0 Å². The quantitative estimate of drug-likeness (QED) is 0.845. The molecule has 124 valence electrons. The summed E-state index contributed by atoms with van der Waals surface area (Å²) < 4.78 is 39.2. The van der Waals surface area contributed by atoms with Gasteiger partial charge in [0.25, 0.3) is 0 Å². The Balaban J connectivity index is 1.58. The lowest BCUT2D eigenvalue weighted by molar-refractivity contribution is -0.0775.